The van der Waals surface area contributed by atoms with Crippen molar-refractivity contribution in [2.75, 3.05) is 0 Å². The molecular weight excluding hydrogens is 306 g/mol. The van der Waals surface area contributed by atoms with Crippen LogP contribution >= 0.6 is 0 Å². The minimum absolute atomic E-state index is 0.0547. The van der Waals surface area contributed by atoms with Crippen LogP contribution in [0.5, 0.6) is 5.75 Å². The Labute approximate surface area is 139 Å². The van der Waals surface area contributed by atoms with Crippen molar-refractivity contribution in [1.82, 2.24) is 4.98 Å². The zero-order chi connectivity index (χ0) is 17.3. The number of nitrogens with zero attached hydrogens (tertiary/aromatic N) is 1. The molecule has 3 rings (SSSR count). The summed E-state index contributed by atoms with van der Waals surface area (Å²) in [5.74, 6) is -0.156. The number of aryl methyl sites for hydroxylation is 3. The van der Waals surface area contributed by atoms with Crippen LogP contribution in [0.4, 0.5) is 0 Å². The number of rotatable bonds is 5. The number of benzene rings is 1. The molecule has 0 aliphatic heterocycles. The Morgan fingerprint density at radius 2 is 1.96 bits per heavy atom. The van der Waals surface area contributed by atoms with Crippen LogP contribution in [0.25, 0.3) is 11.0 Å². The largest absolute Gasteiger partial charge is 0.488 e. The van der Waals surface area contributed by atoms with Gasteiger partial charge in [-0.3, -0.25) is 9.78 Å². The summed E-state index contributed by atoms with van der Waals surface area (Å²) in [5.41, 5.74) is 5.17. The van der Waals surface area contributed by atoms with Gasteiger partial charge in [-0.25, -0.2) is 0 Å². The molecule has 0 saturated carbocycles. The standard InChI is InChI=1S/C19H19NO4/c1-11-4-5-14(13(3)20-11)9-23-17-7-6-16-15(8-18(21)22)10-24-19(16)12(17)2/h4-7,10H,8-9H2,1-3H3,(H,21,22). The Kier molecular flexibility index (Phi) is 4.25. The van der Waals surface area contributed by atoms with E-state index in [1.54, 1.807) is 0 Å². The van der Waals surface area contributed by atoms with Gasteiger partial charge < -0.3 is 14.3 Å². The average Bonchev–Trinajstić information content (AvgIpc) is 2.91. The van der Waals surface area contributed by atoms with Crippen molar-refractivity contribution in [3.05, 3.63) is 58.6 Å². The quantitative estimate of drug-likeness (QED) is 0.768. The summed E-state index contributed by atoms with van der Waals surface area (Å²) >= 11 is 0. The molecule has 0 saturated heterocycles. The average molecular weight is 325 g/mol. The second-order valence-corrected chi connectivity index (χ2v) is 5.88. The van der Waals surface area contributed by atoms with Crippen molar-refractivity contribution in [1.29, 1.82) is 0 Å². The number of carboxylic acid groups (broad SMARTS) is 1. The summed E-state index contributed by atoms with van der Waals surface area (Å²) in [6, 6.07) is 7.69. The maximum Gasteiger partial charge on any atom is 0.307 e. The molecule has 5 heteroatoms. The van der Waals surface area contributed by atoms with Crippen LogP contribution in [-0.2, 0) is 17.8 Å². The minimum Gasteiger partial charge on any atom is -0.488 e. The third kappa shape index (κ3) is 3.11. The number of carboxylic acids is 1. The van der Waals surface area contributed by atoms with Crippen molar-refractivity contribution in [2.45, 2.75) is 33.8 Å². The van der Waals surface area contributed by atoms with E-state index in [1.807, 2.05) is 45.0 Å². The van der Waals surface area contributed by atoms with Crippen molar-refractivity contribution in [3.63, 3.8) is 0 Å². The van der Waals surface area contributed by atoms with Gasteiger partial charge in [0.1, 0.15) is 17.9 Å². The highest BCUT2D eigenvalue weighted by Gasteiger charge is 2.14. The topological polar surface area (TPSA) is 72.6 Å². The second-order valence-electron chi connectivity index (χ2n) is 5.88. The monoisotopic (exact) mass is 325 g/mol. The minimum atomic E-state index is -0.877. The zero-order valence-electron chi connectivity index (χ0n) is 13.9. The van der Waals surface area contributed by atoms with Crippen LogP contribution in [0.1, 0.15) is 28.1 Å². The van der Waals surface area contributed by atoms with Gasteiger partial charge in [0.05, 0.1) is 12.7 Å². The first-order chi connectivity index (χ1) is 11.5. The normalized spacial score (nSPS) is 11.0. The van der Waals surface area contributed by atoms with Gasteiger partial charge in [0.25, 0.3) is 0 Å². The van der Waals surface area contributed by atoms with E-state index in [2.05, 4.69) is 4.98 Å². The fraction of sp³-hybridized carbons (Fsp3) is 0.263. The summed E-state index contributed by atoms with van der Waals surface area (Å²) in [6.07, 6.45) is 1.45. The molecule has 1 aromatic carbocycles. The molecular formula is C19H19NO4. The number of fused-ring (bicyclic) bond motifs is 1. The summed E-state index contributed by atoms with van der Waals surface area (Å²) in [4.78, 5) is 15.3. The number of pyridine rings is 1. The Bertz CT molecular complexity index is 911. The first kappa shape index (κ1) is 16.1. The van der Waals surface area contributed by atoms with Crippen molar-refractivity contribution < 1.29 is 19.1 Å². The Hall–Kier alpha value is -2.82. The van der Waals surface area contributed by atoms with E-state index in [4.69, 9.17) is 14.3 Å². The van der Waals surface area contributed by atoms with Gasteiger partial charge in [-0.15, -0.1) is 0 Å². The highest BCUT2D eigenvalue weighted by molar-refractivity contribution is 5.88. The number of furan rings is 1. The van der Waals surface area contributed by atoms with Crippen LogP contribution < -0.4 is 4.74 Å². The van der Waals surface area contributed by atoms with Crippen molar-refractivity contribution >= 4 is 16.9 Å². The van der Waals surface area contributed by atoms with Crippen LogP contribution in [0, 0.1) is 20.8 Å². The van der Waals surface area contributed by atoms with E-state index in [9.17, 15) is 4.79 Å². The lowest BCUT2D eigenvalue weighted by atomic mass is 10.1. The Balaban J connectivity index is 1.85. The fourth-order valence-corrected chi connectivity index (χ4v) is 2.75. The van der Waals surface area contributed by atoms with Gasteiger partial charge in [-0.2, -0.15) is 0 Å². The van der Waals surface area contributed by atoms with Gasteiger partial charge in [-0.1, -0.05) is 6.07 Å². The summed E-state index contributed by atoms with van der Waals surface area (Å²) in [6.45, 7) is 6.26. The predicted molar refractivity (Wildman–Crippen MR) is 90.3 cm³/mol. The van der Waals surface area contributed by atoms with Crippen molar-refractivity contribution in [2.24, 2.45) is 0 Å². The molecule has 2 aromatic heterocycles. The van der Waals surface area contributed by atoms with Crippen LogP contribution in [0.15, 0.2) is 34.9 Å². The molecule has 0 radical (unpaired) electrons. The molecule has 0 bridgehead atoms. The Morgan fingerprint density at radius 3 is 2.67 bits per heavy atom. The number of aliphatic carboxylic acids is 1. The number of hydrogen-bond acceptors (Lipinski definition) is 4. The first-order valence-electron chi connectivity index (χ1n) is 7.73. The smallest absolute Gasteiger partial charge is 0.307 e. The van der Waals surface area contributed by atoms with E-state index in [-0.39, 0.29) is 6.42 Å². The second kappa shape index (κ2) is 6.35. The van der Waals surface area contributed by atoms with E-state index >= 15 is 0 Å². The lowest BCUT2D eigenvalue weighted by molar-refractivity contribution is -0.136. The molecule has 0 atom stereocenters. The maximum atomic E-state index is 10.9. The first-order valence-corrected chi connectivity index (χ1v) is 7.73. The van der Waals surface area contributed by atoms with Gasteiger partial charge >= 0.3 is 5.97 Å². The molecule has 1 N–H and O–H groups in total. The lowest BCUT2D eigenvalue weighted by Crippen LogP contribution is -2.02. The molecule has 0 amide bonds. The predicted octanol–water partition coefficient (Wildman–Crippen LogP) is 3.96. The van der Waals surface area contributed by atoms with Gasteiger partial charge in [0.15, 0.2) is 0 Å². The van der Waals surface area contributed by atoms with Gasteiger partial charge in [-0.05, 0) is 39.0 Å². The molecule has 24 heavy (non-hydrogen) atoms. The molecule has 0 unspecified atom stereocenters. The van der Waals surface area contributed by atoms with Gasteiger partial charge in [0, 0.05) is 33.5 Å². The lowest BCUT2D eigenvalue weighted by Gasteiger charge is -2.11. The molecule has 0 spiro atoms. The SMILES string of the molecule is Cc1ccc(COc2ccc3c(CC(=O)O)coc3c2C)c(C)n1. The maximum absolute atomic E-state index is 10.9. The highest BCUT2D eigenvalue weighted by Crippen LogP contribution is 2.31. The summed E-state index contributed by atoms with van der Waals surface area (Å²) in [7, 11) is 0. The van der Waals surface area contributed by atoms with Gasteiger partial charge in [0.2, 0.25) is 0 Å². The third-order valence-corrected chi connectivity index (χ3v) is 4.08. The Morgan fingerprint density at radius 1 is 1.17 bits per heavy atom. The zero-order valence-corrected chi connectivity index (χ0v) is 13.9. The molecule has 0 aliphatic rings. The highest BCUT2D eigenvalue weighted by atomic mass is 16.5. The third-order valence-electron chi connectivity index (χ3n) is 4.08. The molecule has 124 valence electrons. The molecule has 0 aliphatic carbocycles. The number of aromatic nitrogens is 1. The van der Waals surface area contributed by atoms with Crippen LogP contribution in [0.3, 0.4) is 0 Å². The van der Waals surface area contributed by atoms with E-state index in [1.165, 1.54) is 6.26 Å². The fourth-order valence-electron chi connectivity index (χ4n) is 2.75. The van der Waals surface area contributed by atoms with E-state index in [0.29, 0.717) is 17.8 Å². The number of hydrogen-bond donors (Lipinski definition) is 1. The number of ether oxygens (including phenoxy) is 1. The molecule has 0 fully saturated rings. The van der Waals surface area contributed by atoms with Crippen LogP contribution in [-0.4, -0.2) is 16.1 Å². The summed E-state index contributed by atoms with van der Waals surface area (Å²) < 4.78 is 11.5. The number of carbonyl (C=O) groups is 1. The molecule has 5 nitrogen and oxygen atoms in total. The van der Waals surface area contributed by atoms with E-state index < -0.39 is 5.97 Å². The van der Waals surface area contributed by atoms with E-state index in [0.717, 1.165) is 33.7 Å². The summed E-state index contributed by atoms with van der Waals surface area (Å²) in [5, 5.41) is 9.77. The molecule has 2 heterocycles. The van der Waals surface area contributed by atoms with Crippen LogP contribution in [0.2, 0.25) is 0 Å². The molecule has 3 aromatic rings. The van der Waals surface area contributed by atoms with Crippen molar-refractivity contribution in [3.8, 4) is 5.75 Å².